The molecule has 1 N–H and O–H groups in total. The highest BCUT2D eigenvalue weighted by Crippen LogP contribution is 2.21. The van der Waals surface area contributed by atoms with E-state index in [-0.39, 0.29) is 11.8 Å². The molecule has 1 heterocycles. The second-order valence-corrected chi connectivity index (χ2v) is 7.78. The van der Waals surface area contributed by atoms with Gasteiger partial charge < -0.3 is 5.32 Å². The van der Waals surface area contributed by atoms with Crippen molar-refractivity contribution >= 4 is 34.2 Å². The van der Waals surface area contributed by atoms with Crippen molar-refractivity contribution in [1.29, 1.82) is 0 Å². The summed E-state index contributed by atoms with van der Waals surface area (Å²) in [7, 11) is 0. The van der Waals surface area contributed by atoms with Crippen molar-refractivity contribution in [2.24, 2.45) is 5.92 Å². The van der Waals surface area contributed by atoms with Crippen LogP contribution in [0, 0.1) is 16.4 Å². The first kappa shape index (κ1) is 17.4. The van der Waals surface area contributed by atoms with Crippen LogP contribution in [-0.2, 0) is 11.3 Å². The molecule has 1 amide bonds. The average molecular weight is 434 g/mol. The van der Waals surface area contributed by atoms with Gasteiger partial charge in [-0.05, 0) is 85.3 Å². The molecule has 2 aromatic rings. The molecule has 4 heteroatoms. The fraction of sp³-hybridized carbons (Fsp3) is 0.350. The van der Waals surface area contributed by atoms with Crippen LogP contribution in [0.3, 0.4) is 0 Å². The molecule has 1 aliphatic heterocycles. The van der Waals surface area contributed by atoms with Crippen LogP contribution in [0.25, 0.3) is 0 Å². The number of hydrogen-bond acceptors (Lipinski definition) is 2. The molecule has 1 fully saturated rings. The number of carbonyl (C=O) groups excluding carboxylic acids is 1. The fourth-order valence-corrected chi connectivity index (χ4v) is 3.56. The van der Waals surface area contributed by atoms with Crippen LogP contribution in [0.15, 0.2) is 48.5 Å². The van der Waals surface area contributed by atoms with Gasteiger partial charge in [0.2, 0.25) is 5.91 Å². The summed E-state index contributed by atoms with van der Waals surface area (Å²) in [5.41, 5.74) is 3.55. The van der Waals surface area contributed by atoms with Crippen molar-refractivity contribution < 1.29 is 4.79 Å². The number of anilines is 1. The Balaban J connectivity index is 1.49. The Morgan fingerprint density at radius 1 is 1.17 bits per heavy atom. The van der Waals surface area contributed by atoms with Crippen LogP contribution >= 0.6 is 22.6 Å². The minimum Gasteiger partial charge on any atom is -0.326 e. The van der Waals surface area contributed by atoms with Crippen molar-refractivity contribution in [3.8, 4) is 0 Å². The number of carbonyl (C=O) groups is 1. The van der Waals surface area contributed by atoms with E-state index in [1.165, 1.54) is 14.7 Å². The molecular weight excluding hydrogens is 411 g/mol. The molecule has 3 rings (SSSR count). The molecule has 24 heavy (non-hydrogen) atoms. The molecule has 0 saturated carbocycles. The zero-order chi connectivity index (χ0) is 16.9. The maximum absolute atomic E-state index is 12.4. The average Bonchev–Trinajstić information content (AvgIpc) is 2.57. The molecule has 0 spiro atoms. The second kappa shape index (κ2) is 8.12. The second-order valence-electron chi connectivity index (χ2n) is 6.54. The Morgan fingerprint density at radius 2 is 1.88 bits per heavy atom. The fourth-order valence-electron chi connectivity index (χ4n) is 3.20. The predicted molar refractivity (Wildman–Crippen MR) is 107 cm³/mol. The third-order valence-electron chi connectivity index (χ3n) is 4.56. The molecule has 0 radical (unpaired) electrons. The van der Waals surface area contributed by atoms with E-state index in [0.29, 0.717) is 0 Å². The van der Waals surface area contributed by atoms with E-state index in [4.69, 9.17) is 0 Å². The van der Waals surface area contributed by atoms with E-state index in [1.54, 1.807) is 0 Å². The molecule has 0 unspecified atom stereocenters. The normalized spacial score (nSPS) is 16.1. The van der Waals surface area contributed by atoms with Crippen LogP contribution in [0.1, 0.15) is 24.0 Å². The van der Waals surface area contributed by atoms with Crippen molar-refractivity contribution in [2.45, 2.75) is 26.3 Å². The Bertz CT molecular complexity index is 691. The van der Waals surface area contributed by atoms with Gasteiger partial charge in [0.05, 0.1) is 0 Å². The van der Waals surface area contributed by atoms with Crippen LogP contribution in [-0.4, -0.2) is 23.9 Å². The van der Waals surface area contributed by atoms with Crippen LogP contribution in [0.2, 0.25) is 0 Å². The highest BCUT2D eigenvalue weighted by atomic mass is 127. The summed E-state index contributed by atoms with van der Waals surface area (Å²) in [5, 5.41) is 3.05. The number of piperidine rings is 1. The van der Waals surface area contributed by atoms with Crippen LogP contribution < -0.4 is 5.32 Å². The quantitative estimate of drug-likeness (QED) is 0.722. The van der Waals surface area contributed by atoms with E-state index in [2.05, 4.69) is 64.0 Å². The van der Waals surface area contributed by atoms with Gasteiger partial charge in [-0.3, -0.25) is 9.69 Å². The molecule has 1 aliphatic rings. The van der Waals surface area contributed by atoms with Crippen molar-refractivity contribution in [1.82, 2.24) is 4.90 Å². The zero-order valence-corrected chi connectivity index (χ0v) is 16.1. The lowest BCUT2D eigenvalue weighted by Gasteiger charge is -2.31. The Hall–Kier alpha value is -1.40. The number of halogens is 1. The summed E-state index contributed by atoms with van der Waals surface area (Å²) < 4.78 is 1.18. The Kier molecular flexibility index (Phi) is 5.89. The van der Waals surface area contributed by atoms with Crippen molar-refractivity contribution in [3.63, 3.8) is 0 Å². The Labute approximate surface area is 157 Å². The van der Waals surface area contributed by atoms with E-state index >= 15 is 0 Å². The summed E-state index contributed by atoms with van der Waals surface area (Å²) in [6, 6.07) is 16.6. The third kappa shape index (κ3) is 4.80. The van der Waals surface area contributed by atoms with Gasteiger partial charge in [-0.2, -0.15) is 0 Å². The van der Waals surface area contributed by atoms with Gasteiger partial charge in [0, 0.05) is 21.7 Å². The zero-order valence-electron chi connectivity index (χ0n) is 14.0. The van der Waals surface area contributed by atoms with Crippen LogP contribution in [0.4, 0.5) is 5.69 Å². The molecule has 0 bridgehead atoms. The standard InChI is InChI=1S/C20H23IN2O/c1-15-3-2-4-16(13-15)14-23-11-9-17(10-12-23)20(24)22-19-7-5-18(21)6-8-19/h2-8,13,17H,9-12,14H2,1H3,(H,22,24). The first-order valence-corrected chi connectivity index (χ1v) is 9.52. The molecule has 0 atom stereocenters. The number of nitrogens with zero attached hydrogens (tertiary/aromatic N) is 1. The number of amides is 1. The largest absolute Gasteiger partial charge is 0.326 e. The maximum Gasteiger partial charge on any atom is 0.227 e. The highest BCUT2D eigenvalue weighted by Gasteiger charge is 2.25. The summed E-state index contributed by atoms with van der Waals surface area (Å²) in [6.45, 7) is 5.08. The molecule has 2 aromatic carbocycles. The topological polar surface area (TPSA) is 32.3 Å². The SMILES string of the molecule is Cc1cccc(CN2CCC(C(=O)Nc3ccc(I)cc3)CC2)c1. The van der Waals surface area contributed by atoms with Gasteiger partial charge in [-0.15, -0.1) is 0 Å². The Morgan fingerprint density at radius 3 is 2.54 bits per heavy atom. The molecule has 1 saturated heterocycles. The van der Waals surface area contributed by atoms with Gasteiger partial charge in [0.15, 0.2) is 0 Å². The summed E-state index contributed by atoms with van der Waals surface area (Å²) in [4.78, 5) is 14.9. The van der Waals surface area contributed by atoms with Crippen molar-refractivity contribution in [2.75, 3.05) is 18.4 Å². The van der Waals surface area contributed by atoms with Gasteiger partial charge in [0.25, 0.3) is 0 Å². The highest BCUT2D eigenvalue weighted by molar-refractivity contribution is 14.1. The summed E-state index contributed by atoms with van der Waals surface area (Å²) >= 11 is 2.27. The number of benzene rings is 2. The monoisotopic (exact) mass is 434 g/mol. The predicted octanol–water partition coefficient (Wildman–Crippen LogP) is 4.45. The van der Waals surface area contributed by atoms with E-state index in [1.807, 2.05) is 24.3 Å². The summed E-state index contributed by atoms with van der Waals surface area (Å²) in [5.74, 6) is 0.282. The smallest absolute Gasteiger partial charge is 0.227 e. The lowest BCUT2D eigenvalue weighted by Crippen LogP contribution is -2.37. The van der Waals surface area contributed by atoms with Gasteiger partial charge in [-0.25, -0.2) is 0 Å². The number of nitrogens with one attached hydrogen (secondary N) is 1. The first-order valence-electron chi connectivity index (χ1n) is 8.44. The van der Waals surface area contributed by atoms with Crippen molar-refractivity contribution in [3.05, 3.63) is 63.2 Å². The number of rotatable bonds is 4. The first-order chi connectivity index (χ1) is 11.6. The lowest BCUT2D eigenvalue weighted by molar-refractivity contribution is -0.121. The van der Waals surface area contributed by atoms with Gasteiger partial charge in [0.1, 0.15) is 0 Å². The lowest BCUT2D eigenvalue weighted by atomic mass is 9.95. The number of likely N-dealkylation sites (tertiary alicyclic amines) is 1. The number of hydrogen-bond donors (Lipinski definition) is 1. The molecular formula is C20H23IN2O. The van der Waals surface area contributed by atoms with Crippen LogP contribution in [0.5, 0.6) is 0 Å². The third-order valence-corrected chi connectivity index (χ3v) is 5.28. The van der Waals surface area contributed by atoms with Gasteiger partial charge in [-0.1, -0.05) is 29.8 Å². The minimum atomic E-state index is 0.123. The molecule has 3 nitrogen and oxygen atoms in total. The van der Waals surface area contributed by atoms with E-state index in [9.17, 15) is 4.79 Å². The molecule has 0 aliphatic carbocycles. The maximum atomic E-state index is 12.4. The molecule has 0 aromatic heterocycles. The van der Waals surface area contributed by atoms with E-state index in [0.717, 1.165) is 38.2 Å². The van der Waals surface area contributed by atoms with Gasteiger partial charge >= 0.3 is 0 Å². The number of aryl methyl sites for hydroxylation is 1. The minimum absolute atomic E-state index is 0.123. The molecule has 126 valence electrons. The summed E-state index contributed by atoms with van der Waals surface area (Å²) in [6.07, 6.45) is 1.87. The van der Waals surface area contributed by atoms with E-state index < -0.39 is 0 Å².